The molecule has 1 unspecified atom stereocenters. The Morgan fingerprint density at radius 1 is 1.21 bits per heavy atom. The fourth-order valence-corrected chi connectivity index (χ4v) is 1.50. The molecule has 0 rings (SSSR count). The van der Waals surface area contributed by atoms with E-state index in [2.05, 4.69) is 37.7 Å². The van der Waals surface area contributed by atoms with Crippen molar-refractivity contribution in [2.45, 2.75) is 20.3 Å². The van der Waals surface area contributed by atoms with E-state index in [0.29, 0.717) is 5.92 Å². The first-order valence-electron chi connectivity index (χ1n) is 5.67. The molecule has 0 bridgehead atoms. The van der Waals surface area contributed by atoms with Gasteiger partial charge in [0, 0.05) is 6.54 Å². The average Bonchev–Trinajstić information content (AvgIpc) is 2.15. The van der Waals surface area contributed by atoms with Crippen molar-refractivity contribution in [3.05, 3.63) is 0 Å². The third-order valence-electron chi connectivity index (χ3n) is 2.50. The van der Waals surface area contributed by atoms with E-state index in [1.54, 1.807) is 0 Å². The second kappa shape index (κ2) is 8.21. The van der Waals surface area contributed by atoms with Crippen molar-refractivity contribution < 1.29 is 0 Å². The van der Waals surface area contributed by atoms with Gasteiger partial charge in [0.2, 0.25) is 0 Å². The summed E-state index contributed by atoms with van der Waals surface area (Å²) in [7, 11) is 4.25. The van der Waals surface area contributed by atoms with Crippen LogP contribution >= 0.6 is 0 Å². The van der Waals surface area contributed by atoms with Crippen LogP contribution in [0.4, 0.5) is 0 Å². The monoisotopic (exact) mass is 201 g/mol. The highest BCUT2D eigenvalue weighted by atomic mass is 15.1. The lowest BCUT2D eigenvalue weighted by molar-refractivity contribution is 0.237. The van der Waals surface area contributed by atoms with E-state index in [1.165, 1.54) is 19.5 Å². The van der Waals surface area contributed by atoms with Gasteiger partial charge in [-0.1, -0.05) is 13.8 Å². The van der Waals surface area contributed by atoms with Gasteiger partial charge in [-0.15, -0.1) is 0 Å². The van der Waals surface area contributed by atoms with Gasteiger partial charge in [-0.2, -0.15) is 0 Å². The Hall–Kier alpha value is -0.120. The highest BCUT2D eigenvalue weighted by Gasteiger charge is 2.06. The van der Waals surface area contributed by atoms with E-state index in [1.807, 2.05) is 0 Å². The van der Waals surface area contributed by atoms with Crippen LogP contribution < -0.4 is 5.73 Å². The summed E-state index contributed by atoms with van der Waals surface area (Å²) < 4.78 is 0. The first kappa shape index (κ1) is 13.9. The number of hydrogen-bond acceptors (Lipinski definition) is 3. The molecule has 0 radical (unpaired) electrons. The van der Waals surface area contributed by atoms with E-state index in [0.717, 1.165) is 19.6 Å². The molecular formula is C11H27N3. The van der Waals surface area contributed by atoms with Gasteiger partial charge in [-0.3, -0.25) is 0 Å². The second-order valence-corrected chi connectivity index (χ2v) is 4.39. The van der Waals surface area contributed by atoms with Crippen molar-refractivity contribution in [1.29, 1.82) is 0 Å². The fourth-order valence-electron chi connectivity index (χ4n) is 1.50. The third-order valence-corrected chi connectivity index (χ3v) is 2.50. The highest BCUT2D eigenvalue weighted by molar-refractivity contribution is 4.62. The largest absolute Gasteiger partial charge is 0.330 e. The maximum atomic E-state index is 5.62. The lowest BCUT2D eigenvalue weighted by Gasteiger charge is -2.24. The van der Waals surface area contributed by atoms with Gasteiger partial charge in [0.1, 0.15) is 0 Å². The lowest BCUT2D eigenvalue weighted by Crippen LogP contribution is -2.33. The van der Waals surface area contributed by atoms with Gasteiger partial charge in [0.25, 0.3) is 0 Å². The smallest absolute Gasteiger partial charge is 0.00190 e. The zero-order chi connectivity index (χ0) is 11.0. The molecule has 0 aliphatic rings. The molecule has 0 aromatic rings. The molecule has 0 spiro atoms. The summed E-state index contributed by atoms with van der Waals surface area (Å²) in [5.41, 5.74) is 5.62. The minimum absolute atomic E-state index is 0.620. The number of hydrogen-bond donors (Lipinski definition) is 1. The van der Waals surface area contributed by atoms with Crippen LogP contribution in [0.25, 0.3) is 0 Å². The SMILES string of the molecule is CCN(CCCN(C)C)CC(C)CN. The second-order valence-electron chi connectivity index (χ2n) is 4.39. The maximum Gasteiger partial charge on any atom is 0.00190 e. The molecule has 3 heteroatoms. The molecule has 0 heterocycles. The highest BCUT2D eigenvalue weighted by Crippen LogP contribution is 1.99. The zero-order valence-electron chi connectivity index (χ0n) is 10.3. The quantitative estimate of drug-likeness (QED) is 0.632. The van der Waals surface area contributed by atoms with Crippen LogP contribution in [0.3, 0.4) is 0 Å². The third kappa shape index (κ3) is 7.30. The molecule has 0 aliphatic carbocycles. The van der Waals surface area contributed by atoms with E-state index >= 15 is 0 Å². The predicted octanol–water partition coefficient (Wildman–Crippen LogP) is 0.855. The Morgan fingerprint density at radius 2 is 1.86 bits per heavy atom. The summed E-state index contributed by atoms with van der Waals surface area (Å²) >= 11 is 0. The average molecular weight is 201 g/mol. The molecule has 0 fully saturated rings. The molecule has 0 saturated carbocycles. The van der Waals surface area contributed by atoms with E-state index < -0.39 is 0 Å². The molecule has 86 valence electrons. The van der Waals surface area contributed by atoms with Crippen LogP contribution in [-0.4, -0.2) is 56.6 Å². The predicted molar refractivity (Wildman–Crippen MR) is 63.5 cm³/mol. The van der Waals surface area contributed by atoms with E-state index in [-0.39, 0.29) is 0 Å². The standard InChI is InChI=1S/C11H27N3/c1-5-14(10-11(2)9-12)8-6-7-13(3)4/h11H,5-10,12H2,1-4H3. The Morgan fingerprint density at radius 3 is 2.29 bits per heavy atom. The fraction of sp³-hybridized carbons (Fsp3) is 1.00. The van der Waals surface area contributed by atoms with Crippen LogP contribution in [0, 0.1) is 5.92 Å². The van der Waals surface area contributed by atoms with Crippen LogP contribution in [-0.2, 0) is 0 Å². The van der Waals surface area contributed by atoms with Crippen LogP contribution in [0.2, 0.25) is 0 Å². The minimum Gasteiger partial charge on any atom is -0.330 e. The van der Waals surface area contributed by atoms with Crippen molar-refractivity contribution in [3.8, 4) is 0 Å². The Bertz CT molecular complexity index is 126. The van der Waals surface area contributed by atoms with Crippen molar-refractivity contribution in [2.75, 3.05) is 46.8 Å². The van der Waals surface area contributed by atoms with Gasteiger partial charge >= 0.3 is 0 Å². The van der Waals surface area contributed by atoms with Crippen molar-refractivity contribution in [3.63, 3.8) is 0 Å². The molecule has 0 aromatic heterocycles. The summed E-state index contributed by atoms with van der Waals surface area (Å²) in [6.07, 6.45) is 1.25. The number of nitrogens with zero attached hydrogens (tertiary/aromatic N) is 2. The summed E-state index contributed by atoms with van der Waals surface area (Å²) in [6.45, 7) is 9.88. The van der Waals surface area contributed by atoms with Crippen LogP contribution in [0.15, 0.2) is 0 Å². The summed E-state index contributed by atoms with van der Waals surface area (Å²) in [5, 5.41) is 0. The Balaban J connectivity index is 3.57. The first-order chi connectivity index (χ1) is 6.60. The van der Waals surface area contributed by atoms with E-state index in [4.69, 9.17) is 5.73 Å². The van der Waals surface area contributed by atoms with Crippen molar-refractivity contribution >= 4 is 0 Å². The molecule has 1 atom stereocenters. The number of rotatable bonds is 8. The molecule has 0 amide bonds. The summed E-state index contributed by atoms with van der Waals surface area (Å²) in [4.78, 5) is 4.72. The number of nitrogens with two attached hydrogens (primary N) is 1. The molecule has 0 aliphatic heterocycles. The molecule has 2 N–H and O–H groups in total. The summed E-state index contributed by atoms with van der Waals surface area (Å²) in [6, 6.07) is 0. The van der Waals surface area contributed by atoms with Gasteiger partial charge in [-0.25, -0.2) is 0 Å². The minimum atomic E-state index is 0.620. The summed E-state index contributed by atoms with van der Waals surface area (Å²) in [5.74, 6) is 0.620. The lowest BCUT2D eigenvalue weighted by atomic mass is 10.1. The molecule has 14 heavy (non-hydrogen) atoms. The Labute approximate surface area is 89.2 Å². The Kier molecular flexibility index (Phi) is 8.14. The van der Waals surface area contributed by atoms with Crippen LogP contribution in [0.5, 0.6) is 0 Å². The van der Waals surface area contributed by atoms with E-state index in [9.17, 15) is 0 Å². The van der Waals surface area contributed by atoms with Gasteiger partial charge in [-0.05, 0) is 52.6 Å². The van der Waals surface area contributed by atoms with Crippen LogP contribution in [0.1, 0.15) is 20.3 Å². The molecule has 0 aromatic carbocycles. The first-order valence-corrected chi connectivity index (χ1v) is 5.67. The topological polar surface area (TPSA) is 32.5 Å². The van der Waals surface area contributed by atoms with Gasteiger partial charge in [0.05, 0.1) is 0 Å². The molecule has 3 nitrogen and oxygen atoms in total. The van der Waals surface area contributed by atoms with Crippen molar-refractivity contribution in [1.82, 2.24) is 9.80 Å². The van der Waals surface area contributed by atoms with Gasteiger partial charge < -0.3 is 15.5 Å². The van der Waals surface area contributed by atoms with Crippen molar-refractivity contribution in [2.24, 2.45) is 11.7 Å². The maximum absolute atomic E-state index is 5.62. The molecule has 0 saturated heterocycles. The zero-order valence-corrected chi connectivity index (χ0v) is 10.3. The molecular weight excluding hydrogens is 174 g/mol. The van der Waals surface area contributed by atoms with Gasteiger partial charge in [0.15, 0.2) is 0 Å². The normalized spacial score (nSPS) is 13.9.